The third-order valence-electron chi connectivity index (χ3n) is 9.89. The molecule has 0 spiro atoms. The van der Waals surface area contributed by atoms with Gasteiger partial charge in [-0.15, -0.1) is 0 Å². The van der Waals surface area contributed by atoms with E-state index in [9.17, 15) is 23.1 Å². The number of aliphatic hydroxyl groups is 1. The summed E-state index contributed by atoms with van der Waals surface area (Å²) in [6.45, 7) is 2.75. The molecule has 8 atom stereocenters. The number of halogens is 4. The average molecular weight is 495 g/mol. The molecule has 8 unspecified atom stereocenters. The lowest BCUT2D eigenvalue weighted by Gasteiger charge is -2.62. The summed E-state index contributed by atoms with van der Waals surface area (Å²) >= 11 is 3.35. The van der Waals surface area contributed by atoms with Crippen LogP contribution >= 0.6 is 15.9 Å². The molecule has 0 heterocycles. The van der Waals surface area contributed by atoms with E-state index < -0.39 is 11.8 Å². The number of ether oxygens (including phenoxy) is 1. The summed E-state index contributed by atoms with van der Waals surface area (Å²) in [6, 6.07) is 0. The predicted octanol–water partition coefficient (Wildman–Crippen LogP) is 5.53. The molecule has 0 aromatic carbocycles. The zero-order valence-corrected chi connectivity index (χ0v) is 19.5. The first-order valence-corrected chi connectivity index (χ1v) is 12.5. The van der Waals surface area contributed by atoms with E-state index in [-0.39, 0.29) is 35.5 Å². The van der Waals surface area contributed by atoms with Crippen LogP contribution in [-0.4, -0.2) is 41.7 Å². The van der Waals surface area contributed by atoms with Crippen molar-refractivity contribution in [1.29, 1.82) is 0 Å². The SMILES string of the molecule is COCC12CCC(O)(C(F)(F)F)CC1CCC1C3CCC(C(=O)CBr)C3(C)CCC12. The van der Waals surface area contributed by atoms with Crippen LogP contribution in [0.15, 0.2) is 0 Å². The number of alkyl halides is 4. The highest BCUT2D eigenvalue weighted by Gasteiger charge is 2.66. The summed E-state index contributed by atoms with van der Waals surface area (Å²) < 4.78 is 46.4. The molecule has 0 amide bonds. The zero-order chi connectivity index (χ0) is 21.9. The van der Waals surface area contributed by atoms with Crippen molar-refractivity contribution in [3.05, 3.63) is 0 Å². The van der Waals surface area contributed by atoms with Crippen molar-refractivity contribution < 1.29 is 27.8 Å². The highest BCUT2D eigenvalue weighted by Crippen LogP contribution is 2.68. The van der Waals surface area contributed by atoms with Gasteiger partial charge in [0.2, 0.25) is 0 Å². The second-order valence-corrected chi connectivity index (χ2v) is 11.4. The number of hydrogen-bond acceptors (Lipinski definition) is 3. The number of carbonyl (C=O) groups is 1. The topological polar surface area (TPSA) is 46.5 Å². The normalized spacial score (nSPS) is 48.6. The molecule has 0 saturated heterocycles. The minimum atomic E-state index is -4.58. The van der Waals surface area contributed by atoms with Gasteiger partial charge in [0.05, 0.1) is 11.9 Å². The Kier molecular flexibility index (Phi) is 5.93. The summed E-state index contributed by atoms with van der Waals surface area (Å²) in [4.78, 5) is 12.6. The van der Waals surface area contributed by atoms with Crippen molar-refractivity contribution in [3.63, 3.8) is 0 Å². The second-order valence-electron chi connectivity index (χ2n) is 10.8. The molecule has 3 nitrogen and oxygen atoms in total. The summed E-state index contributed by atoms with van der Waals surface area (Å²) in [5, 5.41) is 10.8. The van der Waals surface area contributed by atoms with Crippen molar-refractivity contribution in [3.8, 4) is 0 Å². The Morgan fingerprint density at radius 1 is 1.10 bits per heavy atom. The molecule has 0 bridgehead atoms. The third-order valence-corrected chi connectivity index (χ3v) is 10.4. The van der Waals surface area contributed by atoms with Gasteiger partial charge < -0.3 is 9.84 Å². The predicted molar refractivity (Wildman–Crippen MR) is 111 cm³/mol. The first-order valence-electron chi connectivity index (χ1n) is 11.4. The van der Waals surface area contributed by atoms with Crippen LogP contribution in [0.1, 0.15) is 64.7 Å². The summed E-state index contributed by atoms with van der Waals surface area (Å²) in [6.07, 6.45) is 0.875. The molecule has 4 fully saturated rings. The van der Waals surface area contributed by atoms with Crippen LogP contribution < -0.4 is 0 Å². The van der Waals surface area contributed by atoms with Crippen LogP contribution in [0.3, 0.4) is 0 Å². The van der Waals surface area contributed by atoms with Crippen molar-refractivity contribution in [2.75, 3.05) is 19.0 Å². The number of fused-ring (bicyclic) bond motifs is 5. The van der Waals surface area contributed by atoms with E-state index in [2.05, 4.69) is 22.9 Å². The summed E-state index contributed by atoms with van der Waals surface area (Å²) in [5.74, 6) is 1.46. The molecule has 0 radical (unpaired) electrons. The fourth-order valence-electron chi connectivity index (χ4n) is 8.48. The fraction of sp³-hybridized carbons (Fsp3) is 0.957. The Balaban J connectivity index is 1.63. The van der Waals surface area contributed by atoms with Crippen LogP contribution in [0.25, 0.3) is 0 Å². The van der Waals surface area contributed by atoms with E-state index >= 15 is 0 Å². The monoisotopic (exact) mass is 494 g/mol. The first-order chi connectivity index (χ1) is 14.0. The lowest BCUT2D eigenvalue weighted by atomic mass is 9.43. The van der Waals surface area contributed by atoms with Gasteiger partial charge >= 0.3 is 6.18 Å². The van der Waals surface area contributed by atoms with E-state index in [0.717, 1.165) is 32.1 Å². The Labute approximate surface area is 185 Å². The number of carbonyl (C=O) groups excluding carboxylic acids is 1. The molecule has 4 aliphatic carbocycles. The highest BCUT2D eigenvalue weighted by atomic mass is 79.9. The van der Waals surface area contributed by atoms with Gasteiger partial charge in [-0.3, -0.25) is 4.79 Å². The molecular formula is C23H34BrF3O3. The van der Waals surface area contributed by atoms with Crippen molar-refractivity contribution in [2.45, 2.75) is 76.5 Å². The number of rotatable bonds is 4. The quantitative estimate of drug-likeness (QED) is 0.522. The molecule has 1 N–H and O–H groups in total. The van der Waals surface area contributed by atoms with Crippen LogP contribution in [0, 0.1) is 40.4 Å². The maximum absolute atomic E-state index is 13.6. The van der Waals surface area contributed by atoms with Crippen molar-refractivity contribution >= 4 is 21.7 Å². The van der Waals surface area contributed by atoms with Gasteiger partial charge in [-0.05, 0) is 92.3 Å². The molecular weight excluding hydrogens is 461 g/mol. The van der Waals surface area contributed by atoms with Gasteiger partial charge in [0.25, 0.3) is 0 Å². The van der Waals surface area contributed by atoms with E-state index in [0.29, 0.717) is 48.3 Å². The van der Waals surface area contributed by atoms with E-state index in [1.807, 2.05) is 0 Å². The van der Waals surface area contributed by atoms with Crippen molar-refractivity contribution in [2.24, 2.45) is 40.4 Å². The molecule has 4 rings (SSSR count). The molecule has 7 heteroatoms. The van der Waals surface area contributed by atoms with Gasteiger partial charge in [0.15, 0.2) is 5.60 Å². The summed E-state index contributed by atoms with van der Waals surface area (Å²) in [7, 11) is 1.65. The number of methoxy groups -OCH3 is 1. The second kappa shape index (κ2) is 7.72. The smallest absolute Gasteiger partial charge is 0.384 e. The van der Waals surface area contributed by atoms with E-state index in [4.69, 9.17) is 4.74 Å². The zero-order valence-electron chi connectivity index (χ0n) is 17.9. The molecule has 172 valence electrons. The lowest BCUT2D eigenvalue weighted by molar-refractivity contribution is -0.294. The van der Waals surface area contributed by atoms with E-state index in [1.54, 1.807) is 7.11 Å². The summed E-state index contributed by atoms with van der Waals surface area (Å²) in [5.41, 5.74) is -2.84. The van der Waals surface area contributed by atoms with Crippen LogP contribution in [0.4, 0.5) is 13.2 Å². The maximum Gasteiger partial charge on any atom is 0.417 e. The van der Waals surface area contributed by atoms with Crippen LogP contribution in [0.2, 0.25) is 0 Å². The van der Waals surface area contributed by atoms with Gasteiger partial charge in [-0.25, -0.2) is 0 Å². The Bertz CT molecular complexity index is 685. The maximum atomic E-state index is 13.6. The molecule has 0 aromatic rings. The minimum absolute atomic E-state index is 0.00842. The number of Topliss-reactive ketones (excluding diaryl/α,β-unsaturated/α-hetero) is 1. The Morgan fingerprint density at radius 3 is 2.47 bits per heavy atom. The number of hydrogen-bond donors (Lipinski definition) is 1. The molecule has 4 saturated carbocycles. The van der Waals surface area contributed by atoms with Gasteiger partial charge in [-0.1, -0.05) is 22.9 Å². The van der Waals surface area contributed by atoms with Gasteiger partial charge in [-0.2, -0.15) is 13.2 Å². The largest absolute Gasteiger partial charge is 0.417 e. The van der Waals surface area contributed by atoms with Crippen LogP contribution in [0.5, 0.6) is 0 Å². The molecule has 4 aliphatic rings. The third kappa shape index (κ3) is 3.23. The Hall–Kier alpha value is -0.140. The van der Waals surface area contributed by atoms with Crippen molar-refractivity contribution in [1.82, 2.24) is 0 Å². The fourth-order valence-corrected chi connectivity index (χ4v) is 8.87. The number of ketones is 1. The van der Waals surface area contributed by atoms with Gasteiger partial charge in [0, 0.05) is 13.0 Å². The lowest BCUT2D eigenvalue weighted by Crippen LogP contribution is -2.61. The molecule has 0 aromatic heterocycles. The van der Waals surface area contributed by atoms with Crippen LogP contribution in [-0.2, 0) is 9.53 Å². The highest BCUT2D eigenvalue weighted by molar-refractivity contribution is 9.09. The van der Waals surface area contributed by atoms with Gasteiger partial charge in [0.1, 0.15) is 5.78 Å². The molecule has 30 heavy (non-hydrogen) atoms. The Morgan fingerprint density at radius 2 is 1.83 bits per heavy atom. The standard InChI is InChI=1S/C23H34BrF3O3/c1-20-8-7-17-15(16(20)5-6-18(20)19(28)12-24)4-3-14-11-22(29,23(25,26)27)10-9-21(14,17)13-30-2/h14-18,29H,3-13H2,1-2H3. The first kappa shape index (κ1) is 23.0. The molecule has 0 aliphatic heterocycles. The minimum Gasteiger partial charge on any atom is -0.384 e. The average Bonchev–Trinajstić information content (AvgIpc) is 3.04. The van der Waals surface area contributed by atoms with E-state index in [1.165, 1.54) is 0 Å².